The Morgan fingerprint density at radius 1 is 1.33 bits per heavy atom. The number of nitrogens with one attached hydrogen (secondary N) is 2. The van der Waals surface area contributed by atoms with Crippen molar-refractivity contribution in [1.29, 1.82) is 0 Å². The number of ether oxygens (including phenoxy) is 1. The Kier molecular flexibility index (Phi) is 5.52. The van der Waals surface area contributed by atoms with Crippen LogP contribution in [0.5, 0.6) is 0 Å². The Hall–Kier alpha value is -1.63. The second-order valence-corrected chi connectivity index (χ2v) is 7.89. The molecule has 4 amide bonds. The molecule has 2 fully saturated rings. The maximum Gasteiger partial charge on any atom is 0.325 e. The lowest BCUT2D eigenvalue weighted by molar-refractivity contribution is -0.136. The van der Waals surface area contributed by atoms with Crippen LogP contribution < -0.4 is 10.6 Å². The predicted octanol–water partition coefficient (Wildman–Crippen LogP) is 1.28. The third-order valence-corrected chi connectivity index (χ3v) is 5.24. The van der Waals surface area contributed by atoms with Crippen LogP contribution in [0.15, 0.2) is 0 Å². The smallest absolute Gasteiger partial charge is 0.325 e. The zero-order chi connectivity index (χ0) is 18.0. The first kappa shape index (κ1) is 18.7. The number of urea groups is 1. The summed E-state index contributed by atoms with van der Waals surface area (Å²) in [5, 5.41) is 5.48. The number of nitrogens with zero attached hydrogens (tertiary/aromatic N) is 1. The van der Waals surface area contributed by atoms with Crippen LogP contribution in [0.25, 0.3) is 0 Å². The molecule has 1 saturated heterocycles. The molecule has 24 heavy (non-hydrogen) atoms. The molecule has 2 rings (SSSR count). The monoisotopic (exact) mass is 339 g/mol. The second-order valence-electron chi connectivity index (χ2n) is 7.89. The van der Waals surface area contributed by atoms with E-state index in [9.17, 15) is 14.4 Å². The molecule has 0 atom stereocenters. The van der Waals surface area contributed by atoms with Crippen LogP contribution in [0.1, 0.15) is 46.5 Å². The summed E-state index contributed by atoms with van der Waals surface area (Å²) in [6.07, 6.45) is 3.09. The van der Waals surface area contributed by atoms with E-state index in [0.29, 0.717) is 31.9 Å². The lowest BCUT2D eigenvalue weighted by Crippen LogP contribution is -2.51. The Morgan fingerprint density at radius 3 is 2.50 bits per heavy atom. The van der Waals surface area contributed by atoms with Crippen molar-refractivity contribution >= 4 is 17.8 Å². The van der Waals surface area contributed by atoms with E-state index in [-0.39, 0.29) is 23.8 Å². The van der Waals surface area contributed by atoms with Crippen molar-refractivity contribution in [2.24, 2.45) is 11.3 Å². The first-order valence-corrected chi connectivity index (χ1v) is 8.59. The SMILES string of the molecule is COCCNC(=O)CN1C(=O)NC2(CCC(C(C)(C)C)CC2)C1=O. The quantitative estimate of drug-likeness (QED) is 0.583. The second kappa shape index (κ2) is 7.09. The van der Waals surface area contributed by atoms with E-state index in [4.69, 9.17) is 4.74 Å². The van der Waals surface area contributed by atoms with Crippen LogP contribution in [0.2, 0.25) is 0 Å². The van der Waals surface area contributed by atoms with Gasteiger partial charge in [0.25, 0.3) is 5.91 Å². The summed E-state index contributed by atoms with van der Waals surface area (Å²) in [7, 11) is 1.54. The summed E-state index contributed by atoms with van der Waals surface area (Å²) in [6.45, 7) is 7.14. The largest absolute Gasteiger partial charge is 0.383 e. The normalized spacial score (nSPS) is 27.5. The van der Waals surface area contributed by atoms with Gasteiger partial charge in [-0.2, -0.15) is 0 Å². The maximum atomic E-state index is 12.8. The first-order valence-electron chi connectivity index (χ1n) is 8.59. The third kappa shape index (κ3) is 3.88. The number of carbonyl (C=O) groups is 3. The van der Waals surface area contributed by atoms with Gasteiger partial charge in [0.1, 0.15) is 12.1 Å². The van der Waals surface area contributed by atoms with Gasteiger partial charge in [-0.15, -0.1) is 0 Å². The molecular formula is C17H29N3O4. The zero-order valence-corrected chi connectivity index (χ0v) is 15.1. The fraction of sp³-hybridized carbons (Fsp3) is 0.824. The highest BCUT2D eigenvalue weighted by atomic mass is 16.5. The minimum Gasteiger partial charge on any atom is -0.383 e. The van der Waals surface area contributed by atoms with Gasteiger partial charge in [-0.25, -0.2) is 4.79 Å². The van der Waals surface area contributed by atoms with Crippen molar-refractivity contribution in [3.8, 4) is 0 Å². The van der Waals surface area contributed by atoms with Crippen LogP contribution >= 0.6 is 0 Å². The Balaban J connectivity index is 1.95. The number of methoxy groups -OCH3 is 1. The molecule has 136 valence electrons. The molecule has 7 heteroatoms. The summed E-state index contributed by atoms with van der Waals surface area (Å²) in [6, 6.07) is -0.462. The molecule has 1 aliphatic heterocycles. The minimum absolute atomic E-state index is 0.203. The number of hydrogen-bond donors (Lipinski definition) is 2. The fourth-order valence-corrected chi connectivity index (χ4v) is 3.63. The highest BCUT2D eigenvalue weighted by molar-refractivity contribution is 6.09. The fourth-order valence-electron chi connectivity index (χ4n) is 3.63. The predicted molar refractivity (Wildman–Crippen MR) is 89.3 cm³/mol. The molecule has 1 saturated carbocycles. The molecule has 1 aliphatic carbocycles. The van der Waals surface area contributed by atoms with Gasteiger partial charge in [-0.05, 0) is 37.0 Å². The molecule has 0 radical (unpaired) electrons. The van der Waals surface area contributed by atoms with Crippen LogP contribution in [0.4, 0.5) is 4.79 Å². The van der Waals surface area contributed by atoms with Crippen LogP contribution in [0.3, 0.4) is 0 Å². The average molecular weight is 339 g/mol. The van der Waals surface area contributed by atoms with Gasteiger partial charge in [-0.1, -0.05) is 20.8 Å². The highest BCUT2D eigenvalue weighted by Crippen LogP contribution is 2.43. The van der Waals surface area contributed by atoms with E-state index >= 15 is 0 Å². The molecule has 1 spiro atoms. The van der Waals surface area contributed by atoms with Gasteiger partial charge in [0.05, 0.1) is 6.61 Å². The summed E-state index contributed by atoms with van der Waals surface area (Å²) in [5.74, 6) is -0.0723. The van der Waals surface area contributed by atoms with E-state index in [0.717, 1.165) is 17.7 Å². The van der Waals surface area contributed by atoms with Crippen molar-refractivity contribution in [2.45, 2.75) is 52.0 Å². The minimum atomic E-state index is -0.814. The standard InChI is InChI=1S/C17H29N3O4/c1-16(2,3)12-5-7-17(8-6-12)14(22)20(15(23)19-17)11-13(21)18-9-10-24-4/h12H,5-11H2,1-4H3,(H,18,21)(H,19,23). The van der Waals surface area contributed by atoms with Gasteiger partial charge in [-0.3, -0.25) is 14.5 Å². The number of amides is 4. The zero-order valence-electron chi connectivity index (χ0n) is 15.1. The van der Waals surface area contributed by atoms with Crippen molar-refractivity contribution in [2.75, 3.05) is 26.8 Å². The third-order valence-electron chi connectivity index (χ3n) is 5.24. The molecule has 1 heterocycles. The lowest BCUT2D eigenvalue weighted by Gasteiger charge is -2.40. The number of hydrogen-bond acceptors (Lipinski definition) is 4. The Morgan fingerprint density at radius 2 is 1.96 bits per heavy atom. The lowest BCUT2D eigenvalue weighted by atomic mass is 9.67. The first-order chi connectivity index (χ1) is 11.2. The van der Waals surface area contributed by atoms with E-state index in [1.54, 1.807) is 7.11 Å². The average Bonchev–Trinajstić information content (AvgIpc) is 2.71. The molecule has 2 aliphatic rings. The maximum absolute atomic E-state index is 12.8. The number of imide groups is 1. The van der Waals surface area contributed by atoms with Gasteiger partial charge in [0.2, 0.25) is 5.91 Å². The molecule has 2 N–H and O–H groups in total. The summed E-state index contributed by atoms with van der Waals surface area (Å²) < 4.78 is 4.86. The van der Waals surface area contributed by atoms with Crippen molar-refractivity contribution in [1.82, 2.24) is 15.5 Å². The highest BCUT2D eigenvalue weighted by Gasteiger charge is 2.53. The number of carbonyl (C=O) groups excluding carboxylic acids is 3. The van der Waals surface area contributed by atoms with Crippen molar-refractivity contribution < 1.29 is 19.1 Å². The summed E-state index contributed by atoms with van der Waals surface area (Å²) in [4.78, 5) is 37.9. The van der Waals surface area contributed by atoms with Gasteiger partial charge >= 0.3 is 6.03 Å². The summed E-state index contributed by atoms with van der Waals surface area (Å²) >= 11 is 0. The Bertz CT molecular complexity index is 504. The molecule has 0 aromatic heterocycles. The molecule has 0 aromatic carbocycles. The van der Waals surface area contributed by atoms with Gasteiger partial charge < -0.3 is 15.4 Å². The molecule has 7 nitrogen and oxygen atoms in total. The molecule has 0 unspecified atom stereocenters. The Labute approximate surface area is 143 Å². The molecule has 0 bridgehead atoms. The number of rotatable bonds is 5. The van der Waals surface area contributed by atoms with Gasteiger partial charge in [0.15, 0.2) is 0 Å². The van der Waals surface area contributed by atoms with E-state index in [1.165, 1.54) is 0 Å². The van der Waals surface area contributed by atoms with Gasteiger partial charge in [0, 0.05) is 13.7 Å². The van der Waals surface area contributed by atoms with Crippen molar-refractivity contribution in [3.05, 3.63) is 0 Å². The molecule has 0 aromatic rings. The summed E-state index contributed by atoms with van der Waals surface area (Å²) in [5.41, 5.74) is -0.611. The van der Waals surface area contributed by atoms with Crippen LogP contribution in [-0.4, -0.2) is 55.1 Å². The van der Waals surface area contributed by atoms with Crippen LogP contribution in [-0.2, 0) is 14.3 Å². The van der Waals surface area contributed by atoms with Crippen molar-refractivity contribution in [3.63, 3.8) is 0 Å². The van der Waals surface area contributed by atoms with E-state index < -0.39 is 11.6 Å². The van der Waals surface area contributed by atoms with E-state index in [1.807, 2.05) is 0 Å². The van der Waals surface area contributed by atoms with E-state index in [2.05, 4.69) is 31.4 Å². The topological polar surface area (TPSA) is 87.7 Å². The molecular weight excluding hydrogens is 310 g/mol. The van der Waals surface area contributed by atoms with Crippen LogP contribution in [0, 0.1) is 11.3 Å².